The number of carbonyl (C=O) groups excluding carboxylic acids is 2. The van der Waals surface area contributed by atoms with Crippen LogP contribution in [-0.4, -0.2) is 37.1 Å². The molecule has 2 aromatic rings. The van der Waals surface area contributed by atoms with Crippen LogP contribution in [0.1, 0.15) is 28.8 Å². The van der Waals surface area contributed by atoms with Gasteiger partial charge in [-0.1, -0.05) is 18.2 Å². The van der Waals surface area contributed by atoms with Gasteiger partial charge in [0.15, 0.2) is 0 Å². The van der Waals surface area contributed by atoms with Crippen molar-refractivity contribution in [2.75, 3.05) is 30.0 Å². The predicted molar refractivity (Wildman–Crippen MR) is 111 cm³/mol. The largest absolute Gasteiger partial charge is 0.381 e. The first kappa shape index (κ1) is 20.3. The van der Waals surface area contributed by atoms with Gasteiger partial charge in [0.2, 0.25) is 5.91 Å². The predicted octanol–water partition coefficient (Wildman–Crippen LogP) is 2.76. The molecule has 2 aliphatic rings. The summed E-state index contributed by atoms with van der Waals surface area (Å²) in [5.41, 5.74) is 8.71. The quantitative estimate of drug-likeness (QED) is 0.828. The van der Waals surface area contributed by atoms with E-state index in [9.17, 15) is 9.59 Å². The third kappa shape index (κ3) is 3.90. The van der Waals surface area contributed by atoms with Gasteiger partial charge in [0.05, 0.1) is 0 Å². The zero-order valence-corrected chi connectivity index (χ0v) is 16.3. The molecule has 2 heterocycles. The fraction of sp³-hybridized carbons (Fsp3) is 0.333. The maximum Gasteiger partial charge on any atom is 0.258 e. The molecule has 0 radical (unpaired) electrons. The smallest absolute Gasteiger partial charge is 0.258 e. The van der Waals surface area contributed by atoms with Crippen LogP contribution >= 0.6 is 12.4 Å². The van der Waals surface area contributed by atoms with E-state index in [0.717, 1.165) is 12.1 Å². The molecule has 0 atom stereocenters. The number of fused-ring (bicyclic) bond motifs is 1. The second-order valence-electron chi connectivity index (χ2n) is 7.14. The SMILES string of the molecule is Cl.NC1(C(=O)Nc2ccc(C(=O)N3CCc4ccccc43)cc2)CCOCC1. The summed E-state index contributed by atoms with van der Waals surface area (Å²) in [5, 5.41) is 2.86. The van der Waals surface area contributed by atoms with E-state index in [2.05, 4.69) is 11.4 Å². The lowest BCUT2D eigenvalue weighted by Gasteiger charge is -2.31. The minimum atomic E-state index is -0.897. The number of halogens is 1. The minimum absolute atomic E-state index is 0. The van der Waals surface area contributed by atoms with E-state index < -0.39 is 5.54 Å². The van der Waals surface area contributed by atoms with Crippen LogP contribution in [0.15, 0.2) is 48.5 Å². The summed E-state index contributed by atoms with van der Waals surface area (Å²) in [4.78, 5) is 27.1. The van der Waals surface area contributed by atoms with Crippen LogP contribution in [-0.2, 0) is 16.0 Å². The number of hydrogen-bond donors (Lipinski definition) is 2. The highest BCUT2D eigenvalue weighted by molar-refractivity contribution is 6.07. The second kappa shape index (κ2) is 8.31. The number of benzene rings is 2. The summed E-state index contributed by atoms with van der Waals surface area (Å²) in [6.45, 7) is 1.68. The molecular formula is C21H24ClN3O3. The van der Waals surface area contributed by atoms with E-state index >= 15 is 0 Å². The number of nitrogens with one attached hydrogen (secondary N) is 1. The Morgan fingerprint density at radius 1 is 1.04 bits per heavy atom. The normalized spacial score (nSPS) is 17.4. The summed E-state index contributed by atoms with van der Waals surface area (Å²) < 4.78 is 5.28. The molecule has 2 aromatic carbocycles. The Morgan fingerprint density at radius 3 is 2.43 bits per heavy atom. The van der Waals surface area contributed by atoms with E-state index in [1.54, 1.807) is 29.2 Å². The number of anilines is 2. The summed E-state index contributed by atoms with van der Waals surface area (Å²) in [5.74, 6) is -0.240. The third-order valence-corrected chi connectivity index (χ3v) is 5.36. The van der Waals surface area contributed by atoms with Gasteiger partial charge in [0, 0.05) is 36.7 Å². The lowest BCUT2D eigenvalue weighted by atomic mass is 9.90. The number of hydrogen-bond acceptors (Lipinski definition) is 4. The maximum absolute atomic E-state index is 12.8. The van der Waals surface area contributed by atoms with Gasteiger partial charge in [0.1, 0.15) is 5.54 Å². The van der Waals surface area contributed by atoms with Crippen molar-refractivity contribution in [1.82, 2.24) is 0 Å². The minimum Gasteiger partial charge on any atom is -0.381 e. The molecule has 2 aliphatic heterocycles. The molecule has 0 bridgehead atoms. The van der Waals surface area contributed by atoms with Crippen molar-refractivity contribution in [3.8, 4) is 0 Å². The number of rotatable bonds is 3. The van der Waals surface area contributed by atoms with Crippen molar-refractivity contribution < 1.29 is 14.3 Å². The molecule has 1 saturated heterocycles. The van der Waals surface area contributed by atoms with Gasteiger partial charge in [-0.15, -0.1) is 12.4 Å². The van der Waals surface area contributed by atoms with E-state index in [1.807, 2.05) is 18.2 Å². The molecule has 3 N–H and O–H groups in total. The topological polar surface area (TPSA) is 84.7 Å². The van der Waals surface area contributed by atoms with E-state index in [-0.39, 0.29) is 24.2 Å². The molecule has 1 fully saturated rings. The van der Waals surface area contributed by atoms with E-state index in [0.29, 0.717) is 43.9 Å². The van der Waals surface area contributed by atoms with Crippen LogP contribution in [0.2, 0.25) is 0 Å². The standard InChI is InChI=1S/C21H23N3O3.ClH/c22-21(10-13-27-14-11-21)20(26)23-17-7-5-16(6-8-17)19(25)24-12-9-15-3-1-2-4-18(15)24;/h1-8H,9-14,22H2,(H,23,26);1H. The van der Waals surface area contributed by atoms with Gasteiger partial charge >= 0.3 is 0 Å². The van der Waals surface area contributed by atoms with Crippen molar-refractivity contribution in [2.24, 2.45) is 5.73 Å². The maximum atomic E-state index is 12.8. The summed E-state index contributed by atoms with van der Waals surface area (Å²) in [7, 11) is 0. The molecule has 148 valence electrons. The summed E-state index contributed by atoms with van der Waals surface area (Å²) in [6.07, 6.45) is 1.88. The highest BCUT2D eigenvalue weighted by atomic mass is 35.5. The van der Waals surface area contributed by atoms with Gasteiger partial charge < -0.3 is 20.7 Å². The van der Waals surface area contributed by atoms with E-state index in [1.165, 1.54) is 5.56 Å². The molecule has 6 nitrogen and oxygen atoms in total. The third-order valence-electron chi connectivity index (χ3n) is 5.36. The molecule has 4 rings (SSSR count). The van der Waals surface area contributed by atoms with Crippen LogP contribution in [0.3, 0.4) is 0 Å². The van der Waals surface area contributed by atoms with Crippen molar-refractivity contribution in [3.05, 3.63) is 59.7 Å². The zero-order chi connectivity index (χ0) is 18.9. The van der Waals surface area contributed by atoms with Gasteiger partial charge in [-0.2, -0.15) is 0 Å². The fourth-order valence-corrected chi connectivity index (χ4v) is 3.62. The van der Waals surface area contributed by atoms with Gasteiger partial charge in [-0.25, -0.2) is 0 Å². The Kier molecular flexibility index (Phi) is 6.03. The lowest BCUT2D eigenvalue weighted by Crippen LogP contribution is -2.54. The molecule has 28 heavy (non-hydrogen) atoms. The first-order valence-corrected chi connectivity index (χ1v) is 9.25. The Hall–Kier alpha value is -2.41. The van der Waals surface area contributed by atoms with Crippen molar-refractivity contribution in [3.63, 3.8) is 0 Å². The van der Waals surface area contributed by atoms with Crippen molar-refractivity contribution >= 4 is 35.6 Å². The van der Waals surface area contributed by atoms with Crippen LogP contribution in [0.5, 0.6) is 0 Å². The Morgan fingerprint density at radius 2 is 1.71 bits per heavy atom. The summed E-state index contributed by atoms with van der Waals surface area (Å²) >= 11 is 0. The highest BCUT2D eigenvalue weighted by Crippen LogP contribution is 2.29. The van der Waals surface area contributed by atoms with Crippen LogP contribution in [0.4, 0.5) is 11.4 Å². The number of nitrogens with two attached hydrogens (primary N) is 1. The first-order chi connectivity index (χ1) is 13.1. The zero-order valence-electron chi connectivity index (χ0n) is 15.5. The molecule has 0 saturated carbocycles. The molecular weight excluding hydrogens is 378 g/mol. The van der Waals surface area contributed by atoms with Gasteiger partial charge in [0.25, 0.3) is 5.91 Å². The van der Waals surface area contributed by atoms with Crippen molar-refractivity contribution in [1.29, 1.82) is 0 Å². The van der Waals surface area contributed by atoms with Gasteiger partial charge in [-0.3, -0.25) is 9.59 Å². The average molecular weight is 402 g/mol. The first-order valence-electron chi connectivity index (χ1n) is 9.25. The molecule has 0 aliphatic carbocycles. The van der Waals surface area contributed by atoms with E-state index in [4.69, 9.17) is 10.5 Å². The average Bonchev–Trinajstić information content (AvgIpc) is 3.13. The fourth-order valence-electron chi connectivity index (χ4n) is 3.62. The number of nitrogens with zero attached hydrogens (tertiary/aromatic N) is 1. The molecule has 2 amide bonds. The monoisotopic (exact) mass is 401 g/mol. The molecule has 7 heteroatoms. The second-order valence-corrected chi connectivity index (χ2v) is 7.14. The number of amides is 2. The lowest BCUT2D eigenvalue weighted by molar-refractivity contribution is -0.124. The Balaban J connectivity index is 0.00000225. The van der Waals surface area contributed by atoms with Gasteiger partial charge in [-0.05, 0) is 55.2 Å². The highest BCUT2D eigenvalue weighted by Gasteiger charge is 2.36. The van der Waals surface area contributed by atoms with Crippen LogP contribution in [0, 0.1) is 0 Å². The number of carbonyl (C=O) groups is 2. The number of para-hydroxylation sites is 1. The van der Waals surface area contributed by atoms with Crippen LogP contribution in [0.25, 0.3) is 0 Å². The summed E-state index contributed by atoms with van der Waals surface area (Å²) in [6, 6.07) is 14.9. The van der Waals surface area contributed by atoms with Crippen molar-refractivity contribution in [2.45, 2.75) is 24.8 Å². The Bertz CT molecular complexity index is 863. The number of ether oxygens (including phenoxy) is 1. The Labute approximate surface area is 170 Å². The molecule has 0 aromatic heterocycles. The van der Waals surface area contributed by atoms with Crippen LogP contribution < -0.4 is 16.0 Å². The molecule has 0 spiro atoms. The molecule has 0 unspecified atom stereocenters.